The van der Waals surface area contributed by atoms with Gasteiger partial charge in [-0.3, -0.25) is 9.59 Å². The monoisotopic (exact) mass is 388 g/mol. The summed E-state index contributed by atoms with van der Waals surface area (Å²) in [6, 6.07) is 11.3. The average Bonchev–Trinajstić information content (AvgIpc) is 3.19. The highest BCUT2D eigenvalue weighted by atomic mass is 32.1. The number of hydrogen-bond acceptors (Lipinski definition) is 5. The molecule has 1 heterocycles. The lowest BCUT2D eigenvalue weighted by molar-refractivity contribution is -0.121. The van der Waals surface area contributed by atoms with E-state index in [1.807, 2.05) is 32.5 Å². The van der Waals surface area contributed by atoms with E-state index in [-0.39, 0.29) is 30.6 Å². The number of carbonyl (C=O) groups is 2. The van der Waals surface area contributed by atoms with Gasteiger partial charge in [-0.25, -0.2) is 0 Å². The zero-order chi connectivity index (χ0) is 19.6. The van der Waals surface area contributed by atoms with Gasteiger partial charge in [-0.15, -0.1) is 11.3 Å². The number of ether oxygens (including phenoxy) is 1. The first-order valence-corrected chi connectivity index (χ1v) is 10.1. The fourth-order valence-corrected chi connectivity index (χ4v) is 3.57. The maximum atomic E-state index is 12.3. The number of nitrogens with one attached hydrogen (secondary N) is 1. The molecule has 1 atom stereocenters. The second-order valence-electron chi connectivity index (χ2n) is 6.59. The molecule has 5 nitrogen and oxygen atoms in total. The third-order valence-corrected chi connectivity index (χ3v) is 5.19. The van der Waals surface area contributed by atoms with E-state index in [9.17, 15) is 9.59 Å². The fourth-order valence-electron chi connectivity index (χ4n) is 2.65. The highest BCUT2D eigenvalue weighted by Crippen LogP contribution is 2.22. The minimum Gasteiger partial charge on any atom is -0.494 e. The summed E-state index contributed by atoms with van der Waals surface area (Å²) in [4.78, 5) is 27.7. The zero-order valence-electron chi connectivity index (χ0n) is 16.2. The first-order valence-electron chi connectivity index (χ1n) is 9.23. The van der Waals surface area contributed by atoms with Gasteiger partial charge in [0.1, 0.15) is 5.75 Å². The Kier molecular flexibility index (Phi) is 8.48. The van der Waals surface area contributed by atoms with Gasteiger partial charge in [0.2, 0.25) is 5.91 Å². The molecule has 1 amide bonds. The molecule has 1 aromatic carbocycles. The number of rotatable bonds is 11. The summed E-state index contributed by atoms with van der Waals surface area (Å²) in [5.41, 5.74) is 0.608. The van der Waals surface area contributed by atoms with Gasteiger partial charge in [-0.1, -0.05) is 13.0 Å². The molecule has 27 heavy (non-hydrogen) atoms. The second kappa shape index (κ2) is 10.8. The third-order valence-electron chi connectivity index (χ3n) is 4.22. The van der Waals surface area contributed by atoms with E-state index in [0.717, 1.165) is 12.2 Å². The normalized spacial score (nSPS) is 12.0. The van der Waals surface area contributed by atoms with Crippen LogP contribution in [0.15, 0.2) is 41.8 Å². The van der Waals surface area contributed by atoms with Crippen LogP contribution >= 0.6 is 11.3 Å². The minimum atomic E-state index is -0.102. The largest absolute Gasteiger partial charge is 0.494 e. The SMILES string of the molecule is CCCOc1ccc(C(=O)CCC(=O)NC[C@H](c2cccs2)N(C)C)cc1. The zero-order valence-corrected chi connectivity index (χ0v) is 17.1. The Morgan fingerprint density at radius 2 is 1.89 bits per heavy atom. The van der Waals surface area contributed by atoms with E-state index in [0.29, 0.717) is 18.7 Å². The summed E-state index contributed by atoms with van der Waals surface area (Å²) < 4.78 is 5.51. The molecule has 1 aromatic heterocycles. The quantitative estimate of drug-likeness (QED) is 0.593. The molecule has 0 fully saturated rings. The van der Waals surface area contributed by atoms with Crippen molar-refractivity contribution < 1.29 is 14.3 Å². The predicted molar refractivity (Wildman–Crippen MR) is 110 cm³/mol. The molecule has 0 saturated heterocycles. The van der Waals surface area contributed by atoms with Gasteiger partial charge in [0.05, 0.1) is 12.6 Å². The smallest absolute Gasteiger partial charge is 0.220 e. The van der Waals surface area contributed by atoms with E-state index < -0.39 is 0 Å². The topological polar surface area (TPSA) is 58.6 Å². The number of ketones is 1. The molecule has 0 aliphatic carbocycles. The van der Waals surface area contributed by atoms with Crippen molar-refractivity contribution in [3.05, 3.63) is 52.2 Å². The minimum absolute atomic E-state index is 0.0328. The number of amides is 1. The lowest BCUT2D eigenvalue weighted by atomic mass is 10.1. The van der Waals surface area contributed by atoms with Crippen molar-refractivity contribution in [3.63, 3.8) is 0 Å². The van der Waals surface area contributed by atoms with E-state index in [1.54, 1.807) is 35.6 Å². The Morgan fingerprint density at radius 3 is 2.48 bits per heavy atom. The van der Waals surface area contributed by atoms with Gasteiger partial charge in [-0.2, -0.15) is 0 Å². The summed E-state index contributed by atoms with van der Waals surface area (Å²) in [6.45, 7) is 3.24. The molecular formula is C21H28N2O3S. The van der Waals surface area contributed by atoms with Crippen LogP contribution in [0.2, 0.25) is 0 Å². The van der Waals surface area contributed by atoms with Gasteiger partial charge in [0.15, 0.2) is 5.78 Å². The Morgan fingerprint density at radius 1 is 1.15 bits per heavy atom. The van der Waals surface area contributed by atoms with Gasteiger partial charge in [0, 0.05) is 29.8 Å². The van der Waals surface area contributed by atoms with Crippen LogP contribution < -0.4 is 10.1 Å². The summed E-state index contributed by atoms with van der Waals surface area (Å²) >= 11 is 1.68. The van der Waals surface area contributed by atoms with E-state index in [1.165, 1.54) is 4.88 Å². The molecule has 6 heteroatoms. The van der Waals surface area contributed by atoms with Crippen molar-refractivity contribution in [3.8, 4) is 5.75 Å². The van der Waals surface area contributed by atoms with Crippen LogP contribution in [0, 0.1) is 0 Å². The highest BCUT2D eigenvalue weighted by Gasteiger charge is 2.16. The average molecular weight is 389 g/mol. The van der Waals surface area contributed by atoms with Crippen molar-refractivity contribution >= 4 is 23.0 Å². The number of Topliss-reactive ketones (excluding diaryl/α,β-unsaturated/α-hetero) is 1. The fraction of sp³-hybridized carbons (Fsp3) is 0.429. The number of benzene rings is 1. The number of likely N-dealkylation sites (N-methyl/N-ethyl adjacent to an activating group) is 1. The van der Waals surface area contributed by atoms with Crippen LogP contribution in [0.25, 0.3) is 0 Å². The maximum Gasteiger partial charge on any atom is 0.220 e. The number of hydrogen-bond donors (Lipinski definition) is 1. The molecule has 0 aliphatic rings. The molecule has 146 valence electrons. The Balaban J connectivity index is 1.78. The first kappa shape index (κ1) is 21.1. The molecule has 0 bridgehead atoms. The molecule has 2 aromatic rings. The van der Waals surface area contributed by atoms with E-state index >= 15 is 0 Å². The number of thiophene rings is 1. The highest BCUT2D eigenvalue weighted by molar-refractivity contribution is 7.10. The van der Waals surface area contributed by atoms with E-state index in [4.69, 9.17) is 4.74 Å². The molecule has 0 unspecified atom stereocenters. The van der Waals surface area contributed by atoms with Gasteiger partial charge < -0.3 is 15.0 Å². The summed E-state index contributed by atoms with van der Waals surface area (Å²) in [5.74, 6) is 0.624. The van der Waals surface area contributed by atoms with Crippen molar-refractivity contribution in [2.24, 2.45) is 0 Å². The van der Waals surface area contributed by atoms with Gasteiger partial charge in [0.25, 0.3) is 0 Å². The molecular weight excluding hydrogens is 360 g/mol. The van der Waals surface area contributed by atoms with Crippen molar-refractivity contribution in [1.29, 1.82) is 0 Å². The molecule has 0 spiro atoms. The molecule has 1 N–H and O–H groups in total. The summed E-state index contributed by atoms with van der Waals surface area (Å²) in [6.07, 6.45) is 1.33. The van der Waals surface area contributed by atoms with Crippen LogP contribution in [0.5, 0.6) is 5.75 Å². The Labute approximate surface area is 165 Å². The van der Waals surface area contributed by atoms with Crippen LogP contribution in [0.1, 0.15) is 47.5 Å². The molecule has 0 radical (unpaired) electrons. The van der Waals surface area contributed by atoms with Crippen LogP contribution in [0.4, 0.5) is 0 Å². The van der Waals surface area contributed by atoms with Gasteiger partial charge >= 0.3 is 0 Å². The molecule has 2 rings (SSSR count). The van der Waals surface area contributed by atoms with Crippen molar-refractivity contribution in [2.45, 2.75) is 32.2 Å². The summed E-state index contributed by atoms with van der Waals surface area (Å²) in [5, 5.41) is 4.98. The lowest BCUT2D eigenvalue weighted by Crippen LogP contribution is -2.34. The number of carbonyl (C=O) groups excluding carboxylic acids is 2. The third kappa shape index (κ3) is 6.81. The van der Waals surface area contributed by atoms with Crippen molar-refractivity contribution in [1.82, 2.24) is 10.2 Å². The second-order valence-corrected chi connectivity index (χ2v) is 7.57. The molecule has 0 saturated carbocycles. The lowest BCUT2D eigenvalue weighted by Gasteiger charge is -2.23. The van der Waals surface area contributed by atoms with E-state index in [2.05, 4.69) is 16.3 Å². The molecule has 0 aliphatic heterocycles. The first-order chi connectivity index (χ1) is 13.0. The van der Waals surface area contributed by atoms with Crippen LogP contribution in [-0.2, 0) is 4.79 Å². The predicted octanol–water partition coefficient (Wildman–Crippen LogP) is 3.92. The standard InChI is InChI=1S/C21H28N2O3S/c1-4-13-26-17-9-7-16(8-10-17)19(24)11-12-21(25)22-15-18(23(2)3)20-6-5-14-27-20/h5-10,14,18H,4,11-13,15H2,1-3H3,(H,22,25)/t18-/m1/s1. The van der Waals surface area contributed by atoms with Crippen LogP contribution in [-0.4, -0.2) is 43.8 Å². The Bertz CT molecular complexity index is 712. The summed E-state index contributed by atoms with van der Waals surface area (Å²) in [7, 11) is 3.99. The Hall–Kier alpha value is -2.18. The van der Waals surface area contributed by atoms with Crippen molar-refractivity contribution in [2.75, 3.05) is 27.2 Å². The van der Waals surface area contributed by atoms with Crippen LogP contribution in [0.3, 0.4) is 0 Å². The maximum absolute atomic E-state index is 12.3. The number of nitrogens with zero attached hydrogens (tertiary/aromatic N) is 1. The van der Waals surface area contributed by atoms with Gasteiger partial charge in [-0.05, 0) is 56.2 Å².